The average molecular weight is 349 g/mol. The fraction of sp³-hybridized carbons (Fsp3) is 0.333. The summed E-state index contributed by atoms with van der Waals surface area (Å²) in [6.45, 7) is 2.85. The second kappa shape index (κ2) is 7.16. The number of nitrogens with zero attached hydrogens (tertiary/aromatic N) is 5. The molecule has 8 heteroatoms. The predicted molar refractivity (Wildman–Crippen MR) is 91.5 cm³/mol. The Labute approximate surface area is 143 Å². The van der Waals surface area contributed by atoms with Crippen LogP contribution in [0, 0.1) is 0 Å². The van der Waals surface area contributed by atoms with Gasteiger partial charge in [-0.25, -0.2) is 9.67 Å². The van der Waals surface area contributed by atoms with Crippen molar-refractivity contribution in [2.75, 3.05) is 6.54 Å². The standard InChI is InChI=1S/C15H17ClN6S/c1-10(14-19-20-21-22(14)2)17-8-7-11-9-23-15(18-11)12-5-3-4-6-13(12)16/h3-6,9-10,17H,7-8H2,1-2H3. The lowest BCUT2D eigenvalue weighted by Gasteiger charge is -2.11. The summed E-state index contributed by atoms with van der Waals surface area (Å²) < 4.78 is 1.68. The minimum Gasteiger partial charge on any atom is -0.307 e. The van der Waals surface area contributed by atoms with Gasteiger partial charge in [0.15, 0.2) is 5.82 Å². The van der Waals surface area contributed by atoms with Crippen LogP contribution in [0.2, 0.25) is 5.02 Å². The van der Waals surface area contributed by atoms with Crippen LogP contribution >= 0.6 is 22.9 Å². The lowest BCUT2D eigenvalue weighted by molar-refractivity contribution is 0.519. The summed E-state index contributed by atoms with van der Waals surface area (Å²) in [6, 6.07) is 7.87. The smallest absolute Gasteiger partial charge is 0.167 e. The van der Waals surface area contributed by atoms with Crippen molar-refractivity contribution in [1.29, 1.82) is 0 Å². The molecule has 2 aromatic heterocycles. The molecule has 6 nitrogen and oxygen atoms in total. The SMILES string of the molecule is CC(NCCc1csc(-c2ccccc2Cl)n1)c1nnnn1C. The fourth-order valence-electron chi connectivity index (χ4n) is 2.29. The monoisotopic (exact) mass is 348 g/mol. The van der Waals surface area contributed by atoms with Crippen LogP contribution in [0.4, 0.5) is 0 Å². The van der Waals surface area contributed by atoms with Gasteiger partial charge in [0, 0.05) is 31.0 Å². The molecular formula is C15H17ClN6S. The summed E-state index contributed by atoms with van der Waals surface area (Å²) in [4.78, 5) is 4.67. The minimum absolute atomic E-state index is 0.0941. The average Bonchev–Trinajstić information content (AvgIpc) is 3.17. The minimum atomic E-state index is 0.0941. The molecule has 0 aliphatic carbocycles. The zero-order chi connectivity index (χ0) is 16.2. The quantitative estimate of drug-likeness (QED) is 0.741. The number of thiazole rings is 1. The van der Waals surface area contributed by atoms with Gasteiger partial charge in [-0.2, -0.15) is 0 Å². The summed E-state index contributed by atoms with van der Waals surface area (Å²) >= 11 is 7.84. The summed E-state index contributed by atoms with van der Waals surface area (Å²) in [5.41, 5.74) is 2.04. The third kappa shape index (κ3) is 3.74. The van der Waals surface area contributed by atoms with Gasteiger partial charge in [-0.1, -0.05) is 29.8 Å². The predicted octanol–water partition coefficient (Wildman–Crippen LogP) is 2.88. The largest absolute Gasteiger partial charge is 0.307 e. The van der Waals surface area contributed by atoms with E-state index >= 15 is 0 Å². The van der Waals surface area contributed by atoms with Crippen LogP contribution in [0.3, 0.4) is 0 Å². The van der Waals surface area contributed by atoms with Crippen LogP contribution in [0.25, 0.3) is 10.6 Å². The highest BCUT2D eigenvalue weighted by atomic mass is 35.5. The molecule has 0 bridgehead atoms. The molecule has 0 aliphatic heterocycles. The first-order chi connectivity index (χ1) is 11.1. The molecule has 3 rings (SSSR count). The van der Waals surface area contributed by atoms with E-state index < -0.39 is 0 Å². The van der Waals surface area contributed by atoms with Gasteiger partial charge in [-0.15, -0.1) is 16.4 Å². The molecule has 0 fully saturated rings. The molecule has 0 saturated heterocycles. The van der Waals surface area contributed by atoms with Gasteiger partial charge >= 0.3 is 0 Å². The summed E-state index contributed by atoms with van der Waals surface area (Å²) in [5.74, 6) is 0.819. The Morgan fingerprint density at radius 2 is 2.17 bits per heavy atom. The number of halogens is 1. The number of aryl methyl sites for hydroxylation is 1. The van der Waals surface area contributed by atoms with Crippen LogP contribution in [-0.4, -0.2) is 31.7 Å². The van der Waals surface area contributed by atoms with Crippen LogP contribution in [0.15, 0.2) is 29.6 Å². The molecule has 0 radical (unpaired) electrons. The van der Waals surface area contributed by atoms with Crippen molar-refractivity contribution in [2.24, 2.45) is 7.05 Å². The first kappa shape index (κ1) is 16.0. The summed E-state index contributed by atoms with van der Waals surface area (Å²) in [7, 11) is 1.84. The Morgan fingerprint density at radius 1 is 1.35 bits per heavy atom. The molecule has 1 atom stereocenters. The Hall–Kier alpha value is -1.83. The molecule has 1 unspecified atom stereocenters. The Kier molecular flexibility index (Phi) is 5.00. The Bertz CT molecular complexity index is 784. The van der Waals surface area contributed by atoms with E-state index in [1.807, 2.05) is 38.2 Å². The van der Waals surface area contributed by atoms with Crippen molar-refractivity contribution in [3.63, 3.8) is 0 Å². The number of hydrogen-bond acceptors (Lipinski definition) is 6. The molecule has 2 heterocycles. The number of hydrogen-bond donors (Lipinski definition) is 1. The van der Waals surface area contributed by atoms with Gasteiger partial charge in [0.2, 0.25) is 0 Å². The first-order valence-electron chi connectivity index (χ1n) is 7.30. The molecule has 0 saturated carbocycles. The lowest BCUT2D eigenvalue weighted by Crippen LogP contribution is -2.24. The molecule has 0 spiro atoms. The van der Waals surface area contributed by atoms with Gasteiger partial charge in [-0.3, -0.25) is 0 Å². The maximum absolute atomic E-state index is 6.22. The molecule has 1 aromatic carbocycles. The van der Waals surface area contributed by atoms with Crippen LogP contribution < -0.4 is 5.32 Å². The number of nitrogens with one attached hydrogen (secondary N) is 1. The lowest BCUT2D eigenvalue weighted by atomic mass is 10.2. The molecule has 3 aromatic rings. The Morgan fingerprint density at radius 3 is 2.91 bits per heavy atom. The van der Waals surface area contributed by atoms with Crippen molar-refractivity contribution in [3.8, 4) is 10.6 Å². The van der Waals surface area contributed by atoms with Crippen molar-refractivity contribution in [2.45, 2.75) is 19.4 Å². The van der Waals surface area contributed by atoms with Crippen molar-refractivity contribution >= 4 is 22.9 Å². The zero-order valence-electron chi connectivity index (χ0n) is 12.9. The zero-order valence-corrected chi connectivity index (χ0v) is 14.5. The first-order valence-corrected chi connectivity index (χ1v) is 8.56. The maximum atomic E-state index is 6.22. The van der Waals surface area contributed by atoms with E-state index in [-0.39, 0.29) is 6.04 Å². The third-order valence-corrected chi connectivity index (χ3v) is 4.78. The second-order valence-corrected chi connectivity index (χ2v) is 6.48. The number of rotatable bonds is 6. The van der Waals surface area contributed by atoms with E-state index in [2.05, 4.69) is 31.2 Å². The van der Waals surface area contributed by atoms with Crippen molar-refractivity contribution in [3.05, 3.63) is 46.2 Å². The highest BCUT2D eigenvalue weighted by Gasteiger charge is 2.12. The van der Waals surface area contributed by atoms with Gasteiger partial charge < -0.3 is 5.32 Å². The molecule has 120 valence electrons. The van der Waals surface area contributed by atoms with Crippen LogP contribution in [0.1, 0.15) is 24.5 Å². The molecule has 23 heavy (non-hydrogen) atoms. The third-order valence-electron chi connectivity index (χ3n) is 3.53. The van der Waals surface area contributed by atoms with E-state index in [1.54, 1.807) is 16.0 Å². The highest BCUT2D eigenvalue weighted by molar-refractivity contribution is 7.13. The van der Waals surface area contributed by atoms with E-state index in [4.69, 9.17) is 11.6 Å². The van der Waals surface area contributed by atoms with Crippen molar-refractivity contribution < 1.29 is 0 Å². The van der Waals surface area contributed by atoms with E-state index in [0.717, 1.165) is 40.1 Å². The van der Waals surface area contributed by atoms with Crippen LogP contribution in [0.5, 0.6) is 0 Å². The number of benzene rings is 1. The summed E-state index contributed by atoms with van der Waals surface area (Å²) in [5, 5.41) is 18.7. The number of aromatic nitrogens is 5. The van der Waals surface area contributed by atoms with E-state index in [1.165, 1.54) is 0 Å². The second-order valence-electron chi connectivity index (χ2n) is 5.21. The van der Waals surface area contributed by atoms with Gasteiger partial charge in [0.05, 0.1) is 16.8 Å². The van der Waals surface area contributed by atoms with Crippen molar-refractivity contribution in [1.82, 2.24) is 30.5 Å². The van der Waals surface area contributed by atoms with Gasteiger partial charge in [0.25, 0.3) is 0 Å². The van der Waals surface area contributed by atoms with Crippen LogP contribution in [-0.2, 0) is 13.5 Å². The molecule has 1 N–H and O–H groups in total. The Balaban J connectivity index is 1.58. The fourth-order valence-corrected chi connectivity index (χ4v) is 3.47. The maximum Gasteiger partial charge on any atom is 0.167 e. The molecule has 0 aliphatic rings. The number of tetrazole rings is 1. The molecule has 0 amide bonds. The normalized spacial score (nSPS) is 12.5. The summed E-state index contributed by atoms with van der Waals surface area (Å²) in [6.07, 6.45) is 0.844. The van der Waals surface area contributed by atoms with Gasteiger partial charge in [-0.05, 0) is 23.4 Å². The van der Waals surface area contributed by atoms with E-state index in [9.17, 15) is 0 Å². The van der Waals surface area contributed by atoms with Gasteiger partial charge in [0.1, 0.15) is 5.01 Å². The highest BCUT2D eigenvalue weighted by Crippen LogP contribution is 2.30. The molecular weight excluding hydrogens is 332 g/mol. The van der Waals surface area contributed by atoms with E-state index in [0.29, 0.717) is 0 Å². The topological polar surface area (TPSA) is 68.5 Å².